The van der Waals surface area contributed by atoms with Crippen LogP contribution in [0.5, 0.6) is 0 Å². The van der Waals surface area contributed by atoms with Crippen LogP contribution in [0, 0.1) is 24.1 Å². The summed E-state index contributed by atoms with van der Waals surface area (Å²) in [5.41, 5.74) is 1.27. The molecule has 0 saturated heterocycles. The first-order valence-electron chi connectivity index (χ1n) is 6.14. The lowest BCUT2D eigenvalue weighted by atomic mass is 10.2. The Morgan fingerprint density at radius 1 is 1.43 bits per heavy atom. The zero-order valence-corrected chi connectivity index (χ0v) is 12.1. The van der Waals surface area contributed by atoms with Gasteiger partial charge < -0.3 is 5.32 Å². The Morgan fingerprint density at radius 2 is 2.24 bits per heavy atom. The van der Waals surface area contributed by atoms with Crippen molar-refractivity contribution in [2.45, 2.75) is 11.9 Å². The molecule has 0 unspecified atom stereocenters. The summed E-state index contributed by atoms with van der Waals surface area (Å²) in [6.45, 7) is 1.60. The average Bonchev–Trinajstić information content (AvgIpc) is 2.50. The molecular formula is C15H12FN3OS. The number of hydrogen-bond donors (Lipinski definition) is 1. The standard InChI is InChI=1S/C15H12FN3OS/c1-10-12(16)5-2-6-13(10)19-14(20)9-21-15-11(8-17)4-3-7-18-15/h2-7H,9H2,1H3,(H,19,20). The van der Waals surface area contributed by atoms with Gasteiger partial charge in [0.2, 0.25) is 5.91 Å². The number of nitrogens with one attached hydrogen (secondary N) is 1. The quantitative estimate of drug-likeness (QED) is 0.881. The van der Waals surface area contributed by atoms with Gasteiger partial charge in [0.25, 0.3) is 0 Å². The number of nitrogens with zero attached hydrogens (tertiary/aromatic N) is 2. The molecular weight excluding hydrogens is 289 g/mol. The van der Waals surface area contributed by atoms with Gasteiger partial charge in [-0.3, -0.25) is 4.79 Å². The largest absolute Gasteiger partial charge is 0.325 e. The Morgan fingerprint density at radius 3 is 3.00 bits per heavy atom. The summed E-state index contributed by atoms with van der Waals surface area (Å²) >= 11 is 1.17. The first kappa shape index (κ1) is 15.0. The molecule has 21 heavy (non-hydrogen) atoms. The minimum Gasteiger partial charge on any atom is -0.325 e. The van der Waals surface area contributed by atoms with Gasteiger partial charge in [0, 0.05) is 17.4 Å². The smallest absolute Gasteiger partial charge is 0.234 e. The molecule has 4 nitrogen and oxygen atoms in total. The SMILES string of the molecule is Cc1c(F)cccc1NC(=O)CSc1ncccc1C#N. The van der Waals surface area contributed by atoms with Crippen molar-refractivity contribution in [2.75, 3.05) is 11.1 Å². The third-order valence-electron chi connectivity index (χ3n) is 2.77. The Labute approximate surface area is 126 Å². The van der Waals surface area contributed by atoms with Crippen LogP contribution in [0.4, 0.5) is 10.1 Å². The number of carbonyl (C=O) groups is 1. The molecule has 0 saturated carbocycles. The zero-order valence-electron chi connectivity index (χ0n) is 11.3. The third-order valence-corrected chi connectivity index (χ3v) is 3.78. The predicted molar refractivity (Wildman–Crippen MR) is 79.4 cm³/mol. The van der Waals surface area contributed by atoms with E-state index < -0.39 is 0 Å². The lowest BCUT2D eigenvalue weighted by Crippen LogP contribution is -2.15. The molecule has 0 atom stereocenters. The number of hydrogen-bond acceptors (Lipinski definition) is 4. The van der Waals surface area contributed by atoms with Crippen molar-refractivity contribution in [3.63, 3.8) is 0 Å². The number of amides is 1. The molecule has 2 aromatic rings. The topological polar surface area (TPSA) is 65.8 Å². The number of carbonyl (C=O) groups excluding carboxylic acids is 1. The molecule has 0 radical (unpaired) electrons. The highest BCUT2D eigenvalue weighted by Gasteiger charge is 2.10. The molecule has 2 rings (SSSR count). The average molecular weight is 301 g/mol. The van der Waals surface area contributed by atoms with Crippen LogP contribution < -0.4 is 5.32 Å². The number of benzene rings is 1. The fraction of sp³-hybridized carbons (Fsp3) is 0.133. The van der Waals surface area contributed by atoms with Gasteiger partial charge in [-0.15, -0.1) is 0 Å². The van der Waals surface area contributed by atoms with Gasteiger partial charge in [-0.25, -0.2) is 9.37 Å². The van der Waals surface area contributed by atoms with Crippen molar-refractivity contribution in [2.24, 2.45) is 0 Å². The van der Waals surface area contributed by atoms with Gasteiger partial charge in [0.05, 0.1) is 11.3 Å². The fourth-order valence-corrected chi connectivity index (χ4v) is 2.40. The van der Waals surface area contributed by atoms with E-state index in [1.165, 1.54) is 23.9 Å². The van der Waals surface area contributed by atoms with E-state index in [-0.39, 0.29) is 17.5 Å². The first-order valence-corrected chi connectivity index (χ1v) is 7.13. The van der Waals surface area contributed by atoms with E-state index in [2.05, 4.69) is 10.3 Å². The van der Waals surface area contributed by atoms with Crippen LogP contribution in [0.3, 0.4) is 0 Å². The maximum absolute atomic E-state index is 13.4. The van der Waals surface area contributed by atoms with Gasteiger partial charge in [-0.05, 0) is 31.2 Å². The van der Waals surface area contributed by atoms with Crippen molar-refractivity contribution in [3.05, 3.63) is 53.5 Å². The second kappa shape index (κ2) is 6.86. The third kappa shape index (κ3) is 3.80. The van der Waals surface area contributed by atoms with E-state index in [9.17, 15) is 9.18 Å². The first-order chi connectivity index (χ1) is 10.1. The molecule has 0 fully saturated rings. The van der Waals surface area contributed by atoms with Crippen LogP contribution in [0.1, 0.15) is 11.1 Å². The number of nitriles is 1. The zero-order chi connectivity index (χ0) is 15.2. The molecule has 0 spiro atoms. The summed E-state index contributed by atoms with van der Waals surface area (Å²) in [5, 5.41) is 12.1. The number of halogens is 1. The van der Waals surface area contributed by atoms with Crippen LogP contribution in [-0.2, 0) is 4.79 Å². The molecule has 1 N–H and O–H groups in total. The summed E-state index contributed by atoms with van der Waals surface area (Å²) in [5.74, 6) is -0.540. The van der Waals surface area contributed by atoms with Crippen LogP contribution in [-0.4, -0.2) is 16.6 Å². The van der Waals surface area contributed by atoms with E-state index in [4.69, 9.17) is 5.26 Å². The van der Waals surface area contributed by atoms with Crippen molar-refractivity contribution in [1.29, 1.82) is 5.26 Å². The summed E-state index contributed by atoms with van der Waals surface area (Å²) in [6, 6.07) is 9.85. The molecule has 0 bridgehead atoms. The minimum atomic E-state index is -0.364. The van der Waals surface area contributed by atoms with Gasteiger partial charge in [0.15, 0.2) is 0 Å². The second-order valence-electron chi connectivity index (χ2n) is 4.22. The summed E-state index contributed by atoms with van der Waals surface area (Å²) < 4.78 is 13.4. The van der Waals surface area contributed by atoms with Crippen LogP contribution in [0.15, 0.2) is 41.6 Å². The molecule has 0 aliphatic carbocycles. The van der Waals surface area contributed by atoms with E-state index in [0.29, 0.717) is 21.8 Å². The Hall–Kier alpha value is -2.39. The normalized spacial score (nSPS) is 9.95. The summed E-state index contributed by atoms with van der Waals surface area (Å²) in [4.78, 5) is 15.9. The summed E-state index contributed by atoms with van der Waals surface area (Å²) in [7, 11) is 0. The highest BCUT2D eigenvalue weighted by atomic mass is 32.2. The van der Waals surface area contributed by atoms with E-state index in [0.717, 1.165) is 0 Å². The molecule has 0 aliphatic rings. The van der Waals surface area contributed by atoms with Crippen molar-refractivity contribution in [1.82, 2.24) is 4.98 Å². The molecule has 106 valence electrons. The molecule has 6 heteroatoms. The van der Waals surface area contributed by atoms with Gasteiger partial charge in [0.1, 0.15) is 16.9 Å². The Kier molecular flexibility index (Phi) is 4.90. The maximum Gasteiger partial charge on any atom is 0.234 e. The van der Waals surface area contributed by atoms with Crippen molar-refractivity contribution >= 4 is 23.4 Å². The predicted octanol–water partition coefficient (Wildman–Crippen LogP) is 3.13. The number of anilines is 1. The van der Waals surface area contributed by atoms with Gasteiger partial charge in [-0.2, -0.15) is 5.26 Å². The van der Waals surface area contributed by atoms with Gasteiger partial charge >= 0.3 is 0 Å². The van der Waals surface area contributed by atoms with Crippen LogP contribution >= 0.6 is 11.8 Å². The van der Waals surface area contributed by atoms with Crippen molar-refractivity contribution in [3.8, 4) is 6.07 Å². The highest BCUT2D eigenvalue weighted by molar-refractivity contribution is 8.00. The van der Waals surface area contributed by atoms with E-state index in [1.807, 2.05) is 6.07 Å². The monoisotopic (exact) mass is 301 g/mol. The maximum atomic E-state index is 13.4. The number of aromatic nitrogens is 1. The molecule has 1 heterocycles. The molecule has 1 aromatic heterocycles. The molecule has 0 aliphatic heterocycles. The second-order valence-corrected chi connectivity index (χ2v) is 5.18. The lowest BCUT2D eigenvalue weighted by Gasteiger charge is -2.08. The van der Waals surface area contributed by atoms with Crippen LogP contribution in [0.25, 0.3) is 0 Å². The number of rotatable bonds is 4. The minimum absolute atomic E-state index is 0.0989. The van der Waals surface area contributed by atoms with Crippen LogP contribution in [0.2, 0.25) is 0 Å². The van der Waals surface area contributed by atoms with Crippen molar-refractivity contribution < 1.29 is 9.18 Å². The Balaban J connectivity index is 2.00. The molecule has 1 amide bonds. The highest BCUT2D eigenvalue weighted by Crippen LogP contribution is 2.21. The summed E-state index contributed by atoms with van der Waals surface area (Å²) in [6.07, 6.45) is 1.57. The lowest BCUT2D eigenvalue weighted by molar-refractivity contribution is -0.113. The number of thioether (sulfide) groups is 1. The number of pyridine rings is 1. The van der Waals surface area contributed by atoms with Gasteiger partial charge in [-0.1, -0.05) is 17.8 Å². The van der Waals surface area contributed by atoms with E-state index >= 15 is 0 Å². The van der Waals surface area contributed by atoms with E-state index in [1.54, 1.807) is 31.3 Å². The Bertz CT molecular complexity index is 712. The molecule has 1 aromatic carbocycles. The fourth-order valence-electron chi connectivity index (χ4n) is 1.65.